The summed E-state index contributed by atoms with van der Waals surface area (Å²) >= 11 is 0. The number of anilines is 1. The number of rotatable bonds is 6. The Kier molecular flexibility index (Phi) is 5.22. The van der Waals surface area contributed by atoms with E-state index < -0.39 is 16.0 Å². The Morgan fingerprint density at radius 2 is 1.85 bits per heavy atom. The van der Waals surface area contributed by atoms with Gasteiger partial charge in [-0.25, -0.2) is 13.2 Å². The van der Waals surface area contributed by atoms with E-state index in [1.807, 2.05) is 0 Å². The second-order valence-electron chi connectivity index (χ2n) is 6.30. The Morgan fingerprint density at radius 1 is 1.19 bits per heavy atom. The predicted molar refractivity (Wildman–Crippen MR) is 99.5 cm³/mol. The highest BCUT2D eigenvalue weighted by Gasteiger charge is 2.25. The van der Waals surface area contributed by atoms with E-state index in [4.69, 9.17) is 0 Å². The molecule has 0 bridgehead atoms. The van der Waals surface area contributed by atoms with Crippen LogP contribution in [0.25, 0.3) is 0 Å². The molecule has 0 spiro atoms. The number of nitrogens with zero attached hydrogens (tertiary/aromatic N) is 2. The lowest BCUT2D eigenvalue weighted by molar-refractivity contribution is 0.0684. The van der Waals surface area contributed by atoms with E-state index >= 15 is 0 Å². The van der Waals surface area contributed by atoms with Crippen molar-refractivity contribution in [3.63, 3.8) is 0 Å². The number of hydrogen-bond acceptors (Lipinski definition) is 4. The van der Waals surface area contributed by atoms with Crippen molar-refractivity contribution in [2.24, 2.45) is 0 Å². The molecule has 8 nitrogen and oxygen atoms in total. The fourth-order valence-electron chi connectivity index (χ4n) is 3.12. The number of amides is 1. The van der Waals surface area contributed by atoms with E-state index in [-0.39, 0.29) is 27.7 Å². The van der Waals surface area contributed by atoms with Crippen molar-refractivity contribution in [2.75, 3.05) is 17.8 Å². The number of aromatic nitrogens is 1. The lowest BCUT2D eigenvalue weighted by Crippen LogP contribution is -2.28. The summed E-state index contributed by atoms with van der Waals surface area (Å²) in [5.74, 6) is -1.42. The third kappa shape index (κ3) is 3.82. The Balaban J connectivity index is 1.93. The molecule has 144 valence electrons. The van der Waals surface area contributed by atoms with Gasteiger partial charge in [0.2, 0.25) is 0 Å². The van der Waals surface area contributed by atoms with Gasteiger partial charge in [0, 0.05) is 25.8 Å². The van der Waals surface area contributed by atoms with Gasteiger partial charge in [0.05, 0.1) is 11.3 Å². The minimum absolute atomic E-state index is 0.112. The van der Waals surface area contributed by atoms with Crippen LogP contribution in [0.5, 0.6) is 0 Å². The van der Waals surface area contributed by atoms with E-state index in [0.29, 0.717) is 19.6 Å². The molecule has 1 aliphatic rings. The van der Waals surface area contributed by atoms with Crippen LogP contribution < -0.4 is 4.72 Å². The van der Waals surface area contributed by atoms with Gasteiger partial charge in [0.25, 0.3) is 15.9 Å². The number of carboxylic acid groups (broad SMARTS) is 1. The largest absolute Gasteiger partial charge is 0.477 e. The minimum atomic E-state index is -4.04. The molecule has 2 aromatic rings. The van der Waals surface area contributed by atoms with Crippen LogP contribution in [-0.4, -0.2) is 48.0 Å². The zero-order valence-corrected chi connectivity index (χ0v) is 15.7. The lowest BCUT2D eigenvalue weighted by Gasteiger charge is -2.18. The normalized spacial score (nSPS) is 14.3. The molecule has 0 radical (unpaired) electrons. The average molecular weight is 391 g/mol. The Morgan fingerprint density at radius 3 is 2.44 bits per heavy atom. The zero-order valence-electron chi connectivity index (χ0n) is 14.9. The van der Waals surface area contributed by atoms with Gasteiger partial charge in [-0.05, 0) is 38.0 Å². The fraction of sp³-hybridized carbons (Fsp3) is 0.333. The summed E-state index contributed by atoms with van der Waals surface area (Å²) in [6, 6.07) is 7.53. The topological polar surface area (TPSA) is 109 Å². The molecule has 1 aliphatic heterocycles. The van der Waals surface area contributed by atoms with Gasteiger partial charge in [-0.1, -0.05) is 12.1 Å². The summed E-state index contributed by atoms with van der Waals surface area (Å²) in [4.78, 5) is 25.5. The number of aryl methyl sites for hydroxylation is 1. The molecule has 0 atom stereocenters. The highest BCUT2D eigenvalue weighted by molar-refractivity contribution is 7.92. The molecule has 1 aromatic carbocycles. The molecule has 0 aliphatic carbocycles. The number of carbonyl (C=O) groups is 2. The van der Waals surface area contributed by atoms with E-state index in [0.717, 1.165) is 18.9 Å². The Bertz CT molecular complexity index is 975. The SMILES string of the molecule is CCn1cc(S(=O)(=O)Nc2ccccc2C(=O)N2CCCC2)cc1C(=O)O. The van der Waals surface area contributed by atoms with Crippen LogP contribution in [0.3, 0.4) is 0 Å². The summed E-state index contributed by atoms with van der Waals surface area (Å²) in [6.07, 6.45) is 3.14. The molecule has 2 N–H and O–H groups in total. The molecule has 1 aromatic heterocycles. The van der Waals surface area contributed by atoms with E-state index in [1.54, 1.807) is 30.0 Å². The van der Waals surface area contributed by atoms with Gasteiger partial charge in [0.15, 0.2) is 0 Å². The summed E-state index contributed by atoms with van der Waals surface area (Å²) < 4.78 is 29.3. The molecular formula is C18H21N3O5S. The highest BCUT2D eigenvalue weighted by atomic mass is 32.2. The number of carboxylic acids is 1. The first-order valence-electron chi connectivity index (χ1n) is 8.68. The average Bonchev–Trinajstić information content (AvgIpc) is 3.31. The van der Waals surface area contributed by atoms with Crippen LogP contribution in [0.2, 0.25) is 0 Å². The van der Waals surface area contributed by atoms with Crippen LogP contribution in [0, 0.1) is 0 Å². The number of para-hydroxylation sites is 1. The summed E-state index contributed by atoms with van der Waals surface area (Å²) in [7, 11) is -4.04. The molecule has 3 rings (SSSR count). The van der Waals surface area contributed by atoms with Crippen molar-refractivity contribution in [1.82, 2.24) is 9.47 Å². The maximum absolute atomic E-state index is 12.8. The van der Waals surface area contributed by atoms with Crippen molar-refractivity contribution in [2.45, 2.75) is 31.2 Å². The van der Waals surface area contributed by atoms with Gasteiger partial charge < -0.3 is 14.6 Å². The van der Waals surface area contributed by atoms with Crippen molar-refractivity contribution in [1.29, 1.82) is 0 Å². The number of aromatic carboxylic acids is 1. The fourth-order valence-corrected chi connectivity index (χ4v) is 4.24. The molecule has 0 saturated carbocycles. The zero-order chi connectivity index (χ0) is 19.6. The molecule has 1 amide bonds. The monoisotopic (exact) mass is 391 g/mol. The van der Waals surface area contributed by atoms with Crippen LogP contribution >= 0.6 is 0 Å². The summed E-state index contributed by atoms with van der Waals surface area (Å²) in [5, 5.41) is 9.22. The van der Waals surface area contributed by atoms with Crippen LogP contribution in [0.4, 0.5) is 5.69 Å². The molecule has 1 saturated heterocycles. The summed E-state index contributed by atoms with van der Waals surface area (Å²) in [5.41, 5.74) is 0.339. The minimum Gasteiger partial charge on any atom is -0.477 e. The lowest BCUT2D eigenvalue weighted by atomic mass is 10.1. The van der Waals surface area contributed by atoms with Gasteiger partial charge in [-0.2, -0.15) is 0 Å². The smallest absolute Gasteiger partial charge is 0.352 e. The van der Waals surface area contributed by atoms with Crippen LogP contribution in [-0.2, 0) is 16.6 Å². The van der Waals surface area contributed by atoms with Crippen molar-refractivity contribution in [3.8, 4) is 0 Å². The first-order chi connectivity index (χ1) is 12.8. The molecule has 27 heavy (non-hydrogen) atoms. The predicted octanol–water partition coefficient (Wildman–Crippen LogP) is 2.24. The molecule has 1 fully saturated rings. The van der Waals surface area contributed by atoms with Gasteiger partial charge in [-0.3, -0.25) is 9.52 Å². The molecular weight excluding hydrogens is 370 g/mol. The number of benzene rings is 1. The number of carbonyl (C=O) groups excluding carboxylic acids is 1. The maximum Gasteiger partial charge on any atom is 0.352 e. The first-order valence-corrected chi connectivity index (χ1v) is 10.2. The maximum atomic E-state index is 12.8. The van der Waals surface area contributed by atoms with E-state index in [9.17, 15) is 23.1 Å². The van der Waals surface area contributed by atoms with Gasteiger partial charge in [0.1, 0.15) is 10.6 Å². The van der Waals surface area contributed by atoms with Crippen molar-refractivity contribution < 1.29 is 23.1 Å². The summed E-state index contributed by atoms with van der Waals surface area (Å²) in [6.45, 7) is 3.35. The number of sulfonamides is 1. The highest BCUT2D eigenvalue weighted by Crippen LogP contribution is 2.24. The molecule has 2 heterocycles. The Hall–Kier alpha value is -2.81. The van der Waals surface area contributed by atoms with Crippen LogP contribution in [0.15, 0.2) is 41.4 Å². The van der Waals surface area contributed by atoms with E-state index in [1.165, 1.54) is 16.8 Å². The number of likely N-dealkylation sites (tertiary alicyclic amines) is 1. The van der Waals surface area contributed by atoms with Crippen LogP contribution in [0.1, 0.15) is 40.6 Å². The number of nitrogens with one attached hydrogen (secondary N) is 1. The van der Waals surface area contributed by atoms with Crippen molar-refractivity contribution >= 4 is 27.6 Å². The van der Waals surface area contributed by atoms with Gasteiger partial charge in [-0.15, -0.1) is 0 Å². The van der Waals surface area contributed by atoms with E-state index in [2.05, 4.69) is 4.72 Å². The van der Waals surface area contributed by atoms with Gasteiger partial charge >= 0.3 is 5.97 Å². The third-order valence-electron chi connectivity index (χ3n) is 4.54. The second kappa shape index (κ2) is 7.43. The second-order valence-corrected chi connectivity index (χ2v) is 7.99. The molecule has 9 heteroatoms. The third-order valence-corrected chi connectivity index (χ3v) is 5.87. The Labute approximate surface area is 157 Å². The molecule has 0 unspecified atom stereocenters. The van der Waals surface area contributed by atoms with Crippen molar-refractivity contribution in [3.05, 3.63) is 47.8 Å². The number of hydrogen-bond donors (Lipinski definition) is 2. The first kappa shape index (κ1) is 19.0. The quantitative estimate of drug-likeness (QED) is 0.785. The standard InChI is InChI=1S/C18H21N3O5S/c1-2-20-12-13(11-16(20)18(23)24)27(25,26)19-15-8-4-3-7-14(15)17(22)21-9-5-6-10-21/h3-4,7-8,11-12,19H,2,5-6,9-10H2,1H3,(H,23,24).